The van der Waals surface area contributed by atoms with E-state index in [9.17, 15) is 9.90 Å². The van der Waals surface area contributed by atoms with E-state index in [1.165, 1.54) is 12.8 Å². The third-order valence-corrected chi connectivity index (χ3v) is 7.27. The molecule has 3 aromatic rings. The van der Waals surface area contributed by atoms with E-state index in [-0.39, 0.29) is 22.1 Å². The highest BCUT2D eigenvalue weighted by Crippen LogP contribution is 2.43. The fourth-order valence-corrected chi connectivity index (χ4v) is 5.33. The summed E-state index contributed by atoms with van der Waals surface area (Å²) in [6.07, 6.45) is 9.58. The molecular formula is C31H37NO6. The highest BCUT2D eigenvalue weighted by atomic mass is 16.5. The number of hydrogen-bond donors (Lipinski definition) is 1. The zero-order chi connectivity index (χ0) is 27.0. The minimum atomic E-state index is -0.536. The van der Waals surface area contributed by atoms with Crippen LogP contribution in [-0.4, -0.2) is 49.0 Å². The average Bonchev–Trinajstić information content (AvgIpc) is 3.37. The van der Waals surface area contributed by atoms with Gasteiger partial charge in [0.2, 0.25) is 5.43 Å². The Morgan fingerprint density at radius 2 is 1.89 bits per heavy atom. The third kappa shape index (κ3) is 4.99. The number of allylic oxidation sites excluding steroid dienone is 2. The molecule has 202 valence electrons. The van der Waals surface area contributed by atoms with E-state index in [1.54, 1.807) is 25.3 Å². The van der Waals surface area contributed by atoms with Crippen molar-refractivity contribution in [3.05, 3.63) is 51.2 Å². The number of benzene rings is 2. The molecule has 0 unspecified atom stereocenters. The minimum absolute atomic E-state index is 0.129. The van der Waals surface area contributed by atoms with Gasteiger partial charge < -0.3 is 28.6 Å². The Labute approximate surface area is 223 Å². The van der Waals surface area contributed by atoms with E-state index in [0.29, 0.717) is 52.4 Å². The molecule has 0 bridgehead atoms. The third-order valence-electron chi connectivity index (χ3n) is 7.27. The van der Waals surface area contributed by atoms with Crippen LogP contribution in [0.4, 0.5) is 0 Å². The van der Waals surface area contributed by atoms with Gasteiger partial charge in [-0.1, -0.05) is 11.6 Å². The first-order chi connectivity index (χ1) is 18.2. The number of fused-ring (bicyclic) bond motifs is 3. The lowest BCUT2D eigenvalue weighted by Gasteiger charge is -2.28. The van der Waals surface area contributed by atoms with E-state index in [2.05, 4.69) is 4.90 Å². The number of rotatable bonds is 8. The number of phenols is 1. The maximum Gasteiger partial charge on any atom is 0.204 e. The summed E-state index contributed by atoms with van der Waals surface area (Å²) in [4.78, 5) is 16.4. The summed E-state index contributed by atoms with van der Waals surface area (Å²) < 4.78 is 24.4. The number of likely N-dealkylation sites (tertiary alicyclic amines) is 1. The summed E-state index contributed by atoms with van der Waals surface area (Å²) in [5.41, 5.74) is 2.08. The van der Waals surface area contributed by atoms with Crippen molar-refractivity contribution in [3.63, 3.8) is 0 Å². The highest BCUT2D eigenvalue weighted by molar-refractivity contribution is 5.99. The van der Waals surface area contributed by atoms with Crippen LogP contribution in [-0.2, 0) is 6.42 Å². The number of hydrogen-bond acceptors (Lipinski definition) is 7. The standard InChI is InChI=1S/C31H37NO6/c1-19(2)9-10-21-26-23(18-25(30(21)35-5)36-16-8-15-32-13-6-7-14-32)37-24-17-22-20(11-12-31(3,4)38-22)28(33)27(24)29(26)34/h9,11-12,17-18,33H,6-8,10,13-16H2,1-5H3. The van der Waals surface area contributed by atoms with E-state index in [0.717, 1.165) is 31.6 Å². The quantitative estimate of drug-likeness (QED) is 0.215. The maximum atomic E-state index is 14.0. The fraction of sp³-hybridized carbons (Fsp3) is 0.452. The van der Waals surface area contributed by atoms with Gasteiger partial charge in [0.05, 0.1) is 24.7 Å². The topological polar surface area (TPSA) is 81.4 Å². The van der Waals surface area contributed by atoms with Gasteiger partial charge in [-0.15, -0.1) is 0 Å². The molecule has 0 atom stereocenters. The predicted octanol–water partition coefficient (Wildman–Crippen LogP) is 6.22. The van der Waals surface area contributed by atoms with Crippen LogP contribution in [0.3, 0.4) is 0 Å². The van der Waals surface area contributed by atoms with Crippen molar-refractivity contribution in [2.24, 2.45) is 0 Å². The molecule has 38 heavy (non-hydrogen) atoms. The Kier molecular flexibility index (Phi) is 7.14. The first-order valence-corrected chi connectivity index (χ1v) is 13.4. The van der Waals surface area contributed by atoms with Gasteiger partial charge in [-0.3, -0.25) is 4.79 Å². The molecule has 2 aliphatic heterocycles. The van der Waals surface area contributed by atoms with E-state index >= 15 is 0 Å². The summed E-state index contributed by atoms with van der Waals surface area (Å²) in [7, 11) is 1.59. The molecule has 5 rings (SSSR count). The molecular weight excluding hydrogens is 482 g/mol. The molecule has 0 radical (unpaired) electrons. The Morgan fingerprint density at radius 3 is 2.61 bits per heavy atom. The summed E-state index contributed by atoms with van der Waals surface area (Å²) in [6.45, 7) is 11.7. The van der Waals surface area contributed by atoms with Gasteiger partial charge >= 0.3 is 0 Å². The lowest BCUT2D eigenvalue weighted by Crippen LogP contribution is -2.27. The van der Waals surface area contributed by atoms with Crippen LogP contribution >= 0.6 is 0 Å². The number of aromatic hydroxyl groups is 1. The molecule has 1 aromatic heterocycles. The molecule has 7 heteroatoms. The Balaban J connectivity index is 1.64. The summed E-state index contributed by atoms with van der Waals surface area (Å²) >= 11 is 0. The number of ether oxygens (including phenoxy) is 3. The summed E-state index contributed by atoms with van der Waals surface area (Å²) in [6, 6.07) is 3.42. The summed E-state index contributed by atoms with van der Waals surface area (Å²) in [5.74, 6) is 1.39. The predicted molar refractivity (Wildman–Crippen MR) is 151 cm³/mol. The van der Waals surface area contributed by atoms with Crippen molar-refractivity contribution in [1.82, 2.24) is 4.90 Å². The van der Waals surface area contributed by atoms with Gasteiger partial charge in [0.15, 0.2) is 11.5 Å². The van der Waals surface area contributed by atoms with Gasteiger partial charge in [-0.2, -0.15) is 0 Å². The van der Waals surface area contributed by atoms with Crippen LogP contribution in [0, 0.1) is 0 Å². The lowest BCUT2D eigenvalue weighted by atomic mass is 9.97. The van der Waals surface area contributed by atoms with Crippen molar-refractivity contribution >= 4 is 28.0 Å². The Hall–Kier alpha value is -3.45. The largest absolute Gasteiger partial charge is 0.506 e. The van der Waals surface area contributed by atoms with Crippen LogP contribution in [0.2, 0.25) is 0 Å². The maximum absolute atomic E-state index is 14.0. The Morgan fingerprint density at radius 1 is 1.16 bits per heavy atom. The molecule has 3 heterocycles. The van der Waals surface area contributed by atoms with E-state index < -0.39 is 5.60 Å². The smallest absolute Gasteiger partial charge is 0.204 e. The molecule has 1 saturated heterocycles. The molecule has 1 fully saturated rings. The van der Waals surface area contributed by atoms with Gasteiger partial charge in [0.25, 0.3) is 0 Å². The molecule has 0 spiro atoms. The second kappa shape index (κ2) is 10.4. The second-order valence-corrected chi connectivity index (χ2v) is 11.0. The first-order valence-electron chi connectivity index (χ1n) is 13.4. The molecule has 0 saturated carbocycles. The van der Waals surface area contributed by atoms with Gasteiger partial charge in [0.1, 0.15) is 33.7 Å². The highest BCUT2D eigenvalue weighted by Gasteiger charge is 2.28. The minimum Gasteiger partial charge on any atom is -0.506 e. The van der Waals surface area contributed by atoms with Gasteiger partial charge in [-0.05, 0) is 78.6 Å². The molecule has 1 N–H and O–H groups in total. The second-order valence-electron chi connectivity index (χ2n) is 11.0. The van der Waals surface area contributed by atoms with E-state index in [4.69, 9.17) is 18.6 Å². The van der Waals surface area contributed by atoms with Gasteiger partial charge in [0, 0.05) is 24.2 Å². The van der Waals surface area contributed by atoms with Crippen molar-refractivity contribution < 1.29 is 23.7 Å². The van der Waals surface area contributed by atoms with Crippen LogP contribution in [0.1, 0.15) is 58.1 Å². The molecule has 7 nitrogen and oxygen atoms in total. The molecule has 2 aliphatic rings. The number of phenolic OH excluding ortho intramolecular Hbond substituents is 1. The van der Waals surface area contributed by atoms with Crippen molar-refractivity contribution in [3.8, 4) is 23.0 Å². The molecule has 0 amide bonds. The Bertz CT molecular complexity index is 1490. The zero-order valence-corrected chi connectivity index (χ0v) is 23.0. The lowest BCUT2D eigenvalue weighted by molar-refractivity contribution is 0.158. The number of methoxy groups -OCH3 is 1. The van der Waals surface area contributed by atoms with Crippen LogP contribution in [0.5, 0.6) is 23.0 Å². The van der Waals surface area contributed by atoms with Gasteiger partial charge in [-0.25, -0.2) is 0 Å². The van der Waals surface area contributed by atoms with Crippen molar-refractivity contribution in [2.45, 2.75) is 59.0 Å². The average molecular weight is 520 g/mol. The fourth-order valence-electron chi connectivity index (χ4n) is 5.33. The van der Waals surface area contributed by atoms with Crippen LogP contribution in [0.25, 0.3) is 28.0 Å². The van der Waals surface area contributed by atoms with Crippen LogP contribution in [0.15, 0.2) is 39.1 Å². The van der Waals surface area contributed by atoms with Crippen molar-refractivity contribution in [2.75, 3.05) is 33.4 Å². The van der Waals surface area contributed by atoms with Crippen molar-refractivity contribution in [1.29, 1.82) is 0 Å². The normalized spacial score (nSPS) is 16.4. The number of nitrogens with zero attached hydrogens (tertiary/aromatic N) is 1. The SMILES string of the molecule is COc1c(OCCCN2CCCC2)cc2oc3cc4c(c(O)c3c(=O)c2c1CC=C(C)C)C=CC(C)(C)O4. The molecule has 0 aliphatic carbocycles. The van der Waals surface area contributed by atoms with Crippen LogP contribution < -0.4 is 19.6 Å². The van der Waals surface area contributed by atoms with E-state index in [1.807, 2.05) is 39.8 Å². The monoisotopic (exact) mass is 519 g/mol. The first kappa shape index (κ1) is 26.2. The molecule has 2 aromatic carbocycles. The zero-order valence-electron chi connectivity index (χ0n) is 23.0. The summed E-state index contributed by atoms with van der Waals surface area (Å²) in [5, 5.41) is 11.7.